The second kappa shape index (κ2) is 4.05. The third-order valence-corrected chi connectivity index (χ3v) is 6.58. The van der Waals surface area contributed by atoms with Gasteiger partial charge in [-0.15, -0.1) is 0 Å². The Bertz CT molecular complexity index is 130. The van der Waals surface area contributed by atoms with Gasteiger partial charge in [0, 0.05) is 0 Å². The number of rotatable bonds is 3. The molecule has 0 aromatic carbocycles. The van der Waals surface area contributed by atoms with Gasteiger partial charge in [0.25, 0.3) is 0 Å². The zero-order chi connectivity index (χ0) is 9.28. The Labute approximate surface area is 83.9 Å². The van der Waals surface area contributed by atoms with Gasteiger partial charge >= 0.3 is 84.1 Å². The quantitative estimate of drug-likeness (QED) is 0.718. The normalized spacial score (nSPS) is 14.2. The van der Waals surface area contributed by atoms with Crippen molar-refractivity contribution in [2.45, 2.75) is 24.6 Å². The fourth-order valence-corrected chi connectivity index (χ4v) is 8.47. The molecule has 1 nitrogen and oxygen atoms in total. The van der Waals surface area contributed by atoms with Crippen LogP contribution >= 0.6 is 30.0 Å². The van der Waals surface area contributed by atoms with Crippen molar-refractivity contribution < 1.29 is 0 Å². The minimum absolute atomic E-state index is 0.00521. The van der Waals surface area contributed by atoms with E-state index in [9.17, 15) is 0 Å². The molecule has 0 saturated heterocycles. The summed E-state index contributed by atoms with van der Waals surface area (Å²) in [6.45, 7) is 4.17. The predicted molar refractivity (Wildman–Crippen MR) is 55.9 cm³/mol. The number of hydrogen-bond donors (Lipinski definition) is 0. The Balaban J connectivity index is 4.13. The van der Waals surface area contributed by atoms with Gasteiger partial charge in [-0.2, -0.15) is 0 Å². The van der Waals surface area contributed by atoms with Gasteiger partial charge in [-0.05, 0) is 0 Å². The third kappa shape index (κ3) is 5.59. The van der Waals surface area contributed by atoms with Crippen LogP contribution in [0.25, 0.3) is 0 Å². The Kier molecular flexibility index (Phi) is 4.56. The van der Waals surface area contributed by atoms with E-state index in [0.717, 1.165) is 0 Å². The predicted octanol–water partition coefficient (Wildman–Crippen LogP) is 2.98. The molecule has 0 radical (unpaired) electrons. The zero-order valence-electron chi connectivity index (χ0n) is 7.29. The molecule has 0 aromatic rings. The molecule has 0 aliphatic carbocycles. The standard InChI is InChI=1S/C6H14Cl3GeN/c1-6(2,11(3)4)5-10(7,8)9/h5H2,1-4H3. The molecule has 0 aliphatic rings. The van der Waals surface area contributed by atoms with E-state index in [1.54, 1.807) is 0 Å². The van der Waals surface area contributed by atoms with Crippen molar-refractivity contribution in [2.24, 2.45) is 0 Å². The summed E-state index contributed by atoms with van der Waals surface area (Å²) < 4.78 is 0. The number of halogens is 3. The van der Waals surface area contributed by atoms with E-state index in [1.807, 2.05) is 14.1 Å². The van der Waals surface area contributed by atoms with E-state index in [1.165, 1.54) is 0 Å². The third-order valence-electron chi connectivity index (χ3n) is 1.84. The van der Waals surface area contributed by atoms with E-state index >= 15 is 0 Å². The van der Waals surface area contributed by atoms with E-state index in [-0.39, 0.29) is 5.54 Å². The molecule has 0 spiro atoms. The Morgan fingerprint density at radius 2 is 1.55 bits per heavy atom. The first-order valence-electron chi connectivity index (χ1n) is 3.39. The summed E-state index contributed by atoms with van der Waals surface area (Å²) in [6, 6.07) is 0. The van der Waals surface area contributed by atoms with Gasteiger partial charge in [0.2, 0.25) is 0 Å². The molecular formula is C6H14Cl3GeN. The zero-order valence-corrected chi connectivity index (χ0v) is 11.7. The van der Waals surface area contributed by atoms with Crippen LogP contribution in [0.15, 0.2) is 0 Å². The molecule has 5 heteroatoms. The topological polar surface area (TPSA) is 3.24 Å². The van der Waals surface area contributed by atoms with Gasteiger partial charge in [-0.25, -0.2) is 0 Å². The first-order valence-corrected chi connectivity index (χ1v) is 13.1. The van der Waals surface area contributed by atoms with Crippen LogP contribution in [0.4, 0.5) is 0 Å². The second-order valence-corrected chi connectivity index (χ2v) is 19.9. The van der Waals surface area contributed by atoms with Crippen molar-refractivity contribution in [3.63, 3.8) is 0 Å². The summed E-state index contributed by atoms with van der Waals surface area (Å²) in [5.74, 6) is 0. The van der Waals surface area contributed by atoms with Gasteiger partial charge in [-0.1, -0.05) is 0 Å². The molecular weight excluding hydrogens is 265 g/mol. The molecule has 0 N–H and O–H groups in total. The molecule has 0 bridgehead atoms. The van der Waals surface area contributed by atoms with Crippen LogP contribution in [0.1, 0.15) is 13.8 Å². The fourth-order valence-electron chi connectivity index (χ4n) is 0.649. The molecule has 0 rings (SSSR count). The first-order chi connectivity index (χ1) is 4.65. The molecule has 0 heterocycles. The van der Waals surface area contributed by atoms with Crippen LogP contribution < -0.4 is 0 Å². The average molecular weight is 279 g/mol. The van der Waals surface area contributed by atoms with E-state index in [2.05, 4.69) is 18.7 Å². The van der Waals surface area contributed by atoms with Gasteiger partial charge in [-0.3, -0.25) is 0 Å². The van der Waals surface area contributed by atoms with Crippen molar-refractivity contribution in [3.05, 3.63) is 0 Å². The van der Waals surface area contributed by atoms with E-state index in [4.69, 9.17) is 30.0 Å². The molecule has 68 valence electrons. The molecule has 0 amide bonds. The molecule has 11 heavy (non-hydrogen) atoms. The van der Waals surface area contributed by atoms with Gasteiger partial charge in [0.15, 0.2) is 0 Å². The summed E-state index contributed by atoms with van der Waals surface area (Å²) in [4.78, 5) is 2.08. The Morgan fingerprint density at radius 3 is 1.64 bits per heavy atom. The number of hydrogen-bond acceptors (Lipinski definition) is 1. The Hall–Kier alpha value is 1.37. The summed E-state index contributed by atoms with van der Waals surface area (Å²) >= 11 is 0. The van der Waals surface area contributed by atoms with Crippen LogP contribution in [0.5, 0.6) is 0 Å². The SMILES string of the molecule is CN(C)C(C)(C)[CH2][Ge]([Cl])([Cl])[Cl]. The minimum atomic E-state index is -2.94. The van der Waals surface area contributed by atoms with Crippen molar-refractivity contribution in [2.75, 3.05) is 14.1 Å². The van der Waals surface area contributed by atoms with E-state index in [0.29, 0.717) is 5.25 Å². The summed E-state index contributed by atoms with van der Waals surface area (Å²) in [5.41, 5.74) is 0.00521. The molecule has 0 saturated carbocycles. The maximum atomic E-state index is 5.85. The molecule has 0 atom stereocenters. The van der Waals surface area contributed by atoms with Crippen molar-refractivity contribution >= 4 is 40.5 Å². The van der Waals surface area contributed by atoms with Gasteiger partial charge in [0.1, 0.15) is 0 Å². The van der Waals surface area contributed by atoms with Crippen LogP contribution in [-0.4, -0.2) is 35.0 Å². The summed E-state index contributed by atoms with van der Waals surface area (Å²) in [5, 5.41) is 0.713. The van der Waals surface area contributed by atoms with Crippen LogP contribution in [0.3, 0.4) is 0 Å². The van der Waals surface area contributed by atoms with Gasteiger partial charge in [0.05, 0.1) is 0 Å². The van der Waals surface area contributed by atoms with Crippen molar-refractivity contribution in [1.29, 1.82) is 0 Å². The maximum absolute atomic E-state index is 5.85. The summed E-state index contributed by atoms with van der Waals surface area (Å²) in [6.07, 6.45) is 0. The molecule has 0 unspecified atom stereocenters. The van der Waals surface area contributed by atoms with Crippen molar-refractivity contribution in [3.8, 4) is 0 Å². The Morgan fingerprint density at radius 1 is 1.18 bits per heavy atom. The van der Waals surface area contributed by atoms with Crippen molar-refractivity contribution in [1.82, 2.24) is 4.90 Å². The molecule has 0 fully saturated rings. The average Bonchev–Trinajstić information content (AvgIpc) is 1.56. The summed E-state index contributed by atoms with van der Waals surface area (Å²) in [7, 11) is 18.6. The van der Waals surface area contributed by atoms with Gasteiger partial charge < -0.3 is 0 Å². The van der Waals surface area contributed by atoms with Crippen LogP contribution in [-0.2, 0) is 0 Å². The number of nitrogens with zero attached hydrogens (tertiary/aromatic N) is 1. The molecule has 0 aromatic heterocycles. The van der Waals surface area contributed by atoms with E-state index < -0.39 is 10.5 Å². The fraction of sp³-hybridized carbons (Fsp3) is 1.00. The first kappa shape index (κ1) is 12.4. The molecule has 0 aliphatic heterocycles. The second-order valence-electron chi connectivity index (χ2n) is 3.50. The van der Waals surface area contributed by atoms with Crippen LogP contribution in [0.2, 0.25) is 5.25 Å². The monoisotopic (exact) mass is 279 g/mol. The van der Waals surface area contributed by atoms with Crippen LogP contribution in [0, 0.1) is 0 Å².